The van der Waals surface area contributed by atoms with Crippen LogP contribution in [-0.4, -0.2) is 34.8 Å². The molecule has 1 saturated heterocycles. The number of nitrogens with zero attached hydrogens (tertiary/aromatic N) is 3. The highest BCUT2D eigenvalue weighted by Gasteiger charge is 2.35. The molecule has 1 unspecified atom stereocenters. The largest absolute Gasteiger partial charge is 0.396 e. The van der Waals surface area contributed by atoms with Gasteiger partial charge in [-0.25, -0.2) is 4.98 Å². The number of aliphatic hydroxyl groups excluding tert-OH is 1. The smallest absolute Gasteiger partial charge is 0.227 e. The van der Waals surface area contributed by atoms with Crippen molar-refractivity contribution in [2.75, 3.05) is 30.3 Å². The molecule has 0 spiro atoms. The number of hydrogen-bond acceptors (Lipinski definition) is 5. The van der Waals surface area contributed by atoms with Gasteiger partial charge in [-0.3, -0.25) is 0 Å². The highest BCUT2D eigenvalue weighted by Crippen LogP contribution is 2.35. The molecule has 1 aromatic carbocycles. The quantitative estimate of drug-likeness (QED) is 0.886. The van der Waals surface area contributed by atoms with E-state index in [2.05, 4.69) is 39.1 Å². The number of piperidine rings is 1. The zero-order valence-electron chi connectivity index (χ0n) is 13.4. The molecule has 122 valence electrons. The summed E-state index contributed by atoms with van der Waals surface area (Å²) in [4.78, 5) is 10.8. The number of anilines is 2. The second-order valence-corrected chi connectivity index (χ2v) is 6.45. The van der Waals surface area contributed by atoms with Crippen LogP contribution < -0.4 is 10.6 Å². The summed E-state index contributed by atoms with van der Waals surface area (Å²) in [5, 5.41) is 10.0. The first-order chi connectivity index (χ1) is 11.2. The van der Waals surface area contributed by atoms with Crippen LogP contribution in [0, 0.1) is 5.41 Å². The Bertz CT molecular complexity index is 634. The molecule has 0 bridgehead atoms. The van der Waals surface area contributed by atoms with Gasteiger partial charge in [-0.1, -0.05) is 30.3 Å². The minimum absolute atomic E-state index is 0.0952. The summed E-state index contributed by atoms with van der Waals surface area (Å²) in [7, 11) is 0. The molecule has 3 rings (SSSR count). The van der Waals surface area contributed by atoms with Crippen molar-refractivity contribution in [1.82, 2.24) is 9.97 Å². The molecule has 3 N–H and O–H groups in total. The monoisotopic (exact) mass is 312 g/mol. The predicted octanol–water partition coefficient (Wildman–Crippen LogP) is 2.27. The van der Waals surface area contributed by atoms with Crippen molar-refractivity contribution >= 4 is 11.8 Å². The van der Waals surface area contributed by atoms with Gasteiger partial charge >= 0.3 is 0 Å². The Labute approximate surface area is 137 Å². The summed E-state index contributed by atoms with van der Waals surface area (Å²) in [6.07, 6.45) is 5.71. The maximum absolute atomic E-state index is 10.0. The van der Waals surface area contributed by atoms with E-state index < -0.39 is 0 Å². The lowest BCUT2D eigenvalue weighted by Crippen LogP contribution is -2.46. The van der Waals surface area contributed by atoms with Crippen LogP contribution in [0.4, 0.5) is 11.8 Å². The van der Waals surface area contributed by atoms with E-state index in [0.717, 1.165) is 38.8 Å². The standard InChI is InChI=1S/C18H24N4O/c19-16-8-11-20-17(21-16)22-12-4-9-18(13-22,14-23)10-7-15-5-2-1-3-6-15/h1-3,5-6,8,11,23H,4,7,9-10,12-14H2,(H2,19,20,21). The van der Waals surface area contributed by atoms with E-state index in [4.69, 9.17) is 5.73 Å². The number of nitrogen functional groups attached to an aromatic ring is 1. The Morgan fingerprint density at radius 3 is 2.78 bits per heavy atom. The van der Waals surface area contributed by atoms with Crippen LogP contribution in [0.15, 0.2) is 42.6 Å². The number of nitrogens with two attached hydrogens (primary N) is 1. The SMILES string of the molecule is Nc1ccnc(N2CCCC(CO)(CCc3ccccc3)C2)n1. The molecule has 1 aliphatic heterocycles. The van der Waals surface area contributed by atoms with Gasteiger partial charge in [0.1, 0.15) is 5.82 Å². The summed E-state index contributed by atoms with van der Waals surface area (Å²) >= 11 is 0. The van der Waals surface area contributed by atoms with Crippen molar-refractivity contribution in [3.63, 3.8) is 0 Å². The first kappa shape index (κ1) is 15.7. The molecular formula is C18H24N4O. The number of aromatic nitrogens is 2. The molecule has 23 heavy (non-hydrogen) atoms. The van der Waals surface area contributed by atoms with E-state index in [-0.39, 0.29) is 12.0 Å². The summed E-state index contributed by atoms with van der Waals surface area (Å²) < 4.78 is 0. The van der Waals surface area contributed by atoms with Crippen LogP contribution in [0.25, 0.3) is 0 Å². The van der Waals surface area contributed by atoms with Crippen LogP contribution in [0.5, 0.6) is 0 Å². The van der Waals surface area contributed by atoms with Gasteiger partial charge in [0.25, 0.3) is 0 Å². The summed E-state index contributed by atoms with van der Waals surface area (Å²) in [6.45, 7) is 1.88. The zero-order valence-corrected chi connectivity index (χ0v) is 13.4. The molecule has 1 atom stereocenters. The third-order valence-electron chi connectivity index (χ3n) is 4.73. The molecule has 2 aromatic rings. The lowest BCUT2D eigenvalue weighted by Gasteiger charge is -2.42. The summed E-state index contributed by atoms with van der Waals surface area (Å²) in [6, 6.07) is 12.1. The molecule has 0 saturated carbocycles. The van der Waals surface area contributed by atoms with Gasteiger partial charge in [0.05, 0.1) is 6.61 Å². The molecular weight excluding hydrogens is 288 g/mol. The van der Waals surface area contributed by atoms with Crippen LogP contribution >= 0.6 is 0 Å². The molecule has 0 radical (unpaired) electrons. The van der Waals surface area contributed by atoms with Gasteiger partial charge in [-0.2, -0.15) is 4.98 Å². The summed E-state index contributed by atoms with van der Waals surface area (Å²) in [5.74, 6) is 1.15. The predicted molar refractivity (Wildman–Crippen MR) is 92.2 cm³/mol. The highest BCUT2D eigenvalue weighted by molar-refractivity contribution is 5.38. The van der Waals surface area contributed by atoms with E-state index in [9.17, 15) is 5.11 Å². The molecule has 1 aliphatic rings. The molecule has 5 heteroatoms. The Morgan fingerprint density at radius 2 is 2.04 bits per heavy atom. The molecule has 1 fully saturated rings. The van der Waals surface area contributed by atoms with Crippen molar-refractivity contribution in [2.45, 2.75) is 25.7 Å². The average Bonchev–Trinajstić information content (AvgIpc) is 2.61. The van der Waals surface area contributed by atoms with Gasteiger partial charge in [0.2, 0.25) is 5.95 Å². The van der Waals surface area contributed by atoms with Gasteiger partial charge < -0.3 is 15.7 Å². The highest BCUT2D eigenvalue weighted by atomic mass is 16.3. The number of aliphatic hydroxyl groups is 1. The Kier molecular flexibility index (Phi) is 4.76. The van der Waals surface area contributed by atoms with Crippen molar-refractivity contribution in [3.8, 4) is 0 Å². The van der Waals surface area contributed by atoms with E-state index in [1.54, 1.807) is 12.3 Å². The van der Waals surface area contributed by atoms with E-state index >= 15 is 0 Å². The van der Waals surface area contributed by atoms with Crippen molar-refractivity contribution < 1.29 is 5.11 Å². The Balaban J connectivity index is 1.71. The van der Waals surface area contributed by atoms with Gasteiger partial charge in [0, 0.05) is 24.7 Å². The minimum atomic E-state index is -0.0952. The third kappa shape index (κ3) is 3.79. The number of rotatable bonds is 5. The second kappa shape index (κ2) is 6.96. The second-order valence-electron chi connectivity index (χ2n) is 6.45. The minimum Gasteiger partial charge on any atom is -0.396 e. The van der Waals surface area contributed by atoms with E-state index in [1.807, 2.05) is 6.07 Å². The van der Waals surface area contributed by atoms with Crippen molar-refractivity contribution in [2.24, 2.45) is 5.41 Å². The molecule has 2 heterocycles. The molecule has 0 amide bonds. The Morgan fingerprint density at radius 1 is 1.22 bits per heavy atom. The average molecular weight is 312 g/mol. The lowest BCUT2D eigenvalue weighted by molar-refractivity contribution is 0.0960. The number of hydrogen-bond donors (Lipinski definition) is 2. The fourth-order valence-electron chi connectivity index (χ4n) is 3.36. The van der Waals surface area contributed by atoms with Gasteiger partial charge in [-0.15, -0.1) is 0 Å². The van der Waals surface area contributed by atoms with Crippen LogP contribution in [0.1, 0.15) is 24.8 Å². The zero-order chi connectivity index (χ0) is 16.1. The van der Waals surface area contributed by atoms with E-state index in [1.165, 1.54) is 5.56 Å². The third-order valence-corrected chi connectivity index (χ3v) is 4.73. The van der Waals surface area contributed by atoms with Crippen LogP contribution in [0.3, 0.4) is 0 Å². The first-order valence-corrected chi connectivity index (χ1v) is 8.19. The topological polar surface area (TPSA) is 75.3 Å². The van der Waals surface area contributed by atoms with E-state index in [0.29, 0.717) is 11.8 Å². The van der Waals surface area contributed by atoms with Crippen LogP contribution in [0.2, 0.25) is 0 Å². The Hall–Kier alpha value is -2.14. The number of benzene rings is 1. The van der Waals surface area contributed by atoms with Crippen LogP contribution in [-0.2, 0) is 6.42 Å². The fraction of sp³-hybridized carbons (Fsp3) is 0.444. The van der Waals surface area contributed by atoms with Gasteiger partial charge in [0.15, 0.2) is 0 Å². The summed E-state index contributed by atoms with van der Waals surface area (Å²) in [5.41, 5.74) is 6.99. The lowest BCUT2D eigenvalue weighted by atomic mass is 9.76. The normalized spacial score (nSPS) is 21.3. The maximum atomic E-state index is 10.0. The molecule has 5 nitrogen and oxygen atoms in total. The number of aryl methyl sites for hydroxylation is 1. The first-order valence-electron chi connectivity index (χ1n) is 8.19. The van der Waals surface area contributed by atoms with Gasteiger partial charge in [-0.05, 0) is 37.3 Å². The van der Waals surface area contributed by atoms with Crippen molar-refractivity contribution in [3.05, 3.63) is 48.2 Å². The molecule has 1 aromatic heterocycles. The fourth-order valence-corrected chi connectivity index (χ4v) is 3.36. The van der Waals surface area contributed by atoms with Crippen molar-refractivity contribution in [1.29, 1.82) is 0 Å². The maximum Gasteiger partial charge on any atom is 0.227 e. The molecule has 0 aliphatic carbocycles.